The van der Waals surface area contributed by atoms with Crippen LogP contribution in [0, 0.1) is 5.92 Å². The molecule has 1 aromatic rings. The van der Waals surface area contributed by atoms with Crippen molar-refractivity contribution in [1.29, 1.82) is 0 Å². The van der Waals surface area contributed by atoms with Crippen molar-refractivity contribution in [2.75, 3.05) is 0 Å². The highest BCUT2D eigenvalue weighted by molar-refractivity contribution is 6.33. The van der Waals surface area contributed by atoms with Gasteiger partial charge >= 0.3 is 5.97 Å². The fourth-order valence-electron chi connectivity index (χ4n) is 2.49. The lowest BCUT2D eigenvalue weighted by atomic mass is 9.89. The zero-order valence-electron chi connectivity index (χ0n) is 12.2. The Morgan fingerprint density at radius 3 is 2.85 bits per heavy atom. The Balaban J connectivity index is 2.10. The molecule has 2 rings (SSSR count). The predicted octanol–water partition coefficient (Wildman–Crippen LogP) is 3.99. The van der Waals surface area contributed by atoms with E-state index < -0.39 is 5.97 Å². The van der Waals surface area contributed by atoms with Gasteiger partial charge in [-0.15, -0.1) is 0 Å². The van der Waals surface area contributed by atoms with Crippen LogP contribution >= 0.6 is 11.6 Å². The fourth-order valence-corrected chi connectivity index (χ4v) is 2.66. The third-order valence-corrected chi connectivity index (χ3v) is 3.91. The first-order valence-electron chi connectivity index (χ1n) is 7.20. The van der Waals surface area contributed by atoms with Gasteiger partial charge in [0, 0.05) is 5.92 Å². The van der Waals surface area contributed by atoms with Crippen LogP contribution in [-0.4, -0.2) is 22.0 Å². The average Bonchev–Trinajstić information content (AvgIpc) is 2.38. The fraction of sp³-hybridized carbons (Fsp3) is 0.667. The van der Waals surface area contributed by atoms with Crippen molar-refractivity contribution in [3.05, 3.63) is 22.7 Å². The van der Waals surface area contributed by atoms with Gasteiger partial charge in [0.15, 0.2) is 5.69 Å². The van der Waals surface area contributed by atoms with Crippen LogP contribution in [0.1, 0.15) is 68.7 Å². The molecular weight excluding hydrogens is 276 g/mol. The smallest absolute Gasteiger partial charge is 0.358 e. The Kier molecular flexibility index (Phi) is 4.97. The van der Waals surface area contributed by atoms with Crippen molar-refractivity contribution in [3.63, 3.8) is 0 Å². The van der Waals surface area contributed by atoms with Crippen LogP contribution in [0.2, 0.25) is 5.02 Å². The van der Waals surface area contributed by atoms with E-state index in [1.165, 1.54) is 12.6 Å². The lowest BCUT2D eigenvalue weighted by molar-refractivity contribution is 0.0148. The first-order valence-corrected chi connectivity index (χ1v) is 7.58. The largest absolute Gasteiger partial charge is 0.458 e. The van der Waals surface area contributed by atoms with Crippen molar-refractivity contribution in [1.82, 2.24) is 9.97 Å². The lowest BCUT2D eigenvalue weighted by Gasteiger charge is -2.26. The Hall–Kier alpha value is -1.16. The minimum absolute atomic E-state index is 0.0141. The third kappa shape index (κ3) is 3.69. The van der Waals surface area contributed by atoms with E-state index in [4.69, 9.17) is 16.3 Å². The van der Waals surface area contributed by atoms with Gasteiger partial charge in [-0.05, 0) is 25.2 Å². The molecule has 0 amide bonds. The zero-order chi connectivity index (χ0) is 14.7. The first kappa shape index (κ1) is 15.2. The highest BCUT2D eigenvalue weighted by atomic mass is 35.5. The van der Waals surface area contributed by atoms with Gasteiger partial charge in [-0.25, -0.2) is 14.8 Å². The molecular formula is C15H21ClN2O2. The van der Waals surface area contributed by atoms with Crippen LogP contribution in [0.4, 0.5) is 0 Å². The number of aromatic nitrogens is 2. The standard InChI is InChI=1S/C15H21ClN2O2/c1-9(2)14-17-8-12(16)13(18-14)15(19)20-11-6-4-5-10(3)7-11/h8-11H,4-7H2,1-3H3. The summed E-state index contributed by atoms with van der Waals surface area (Å²) in [6.45, 7) is 6.14. The lowest BCUT2D eigenvalue weighted by Crippen LogP contribution is -2.25. The van der Waals surface area contributed by atoms with Crippen molar-refractivity contribution in [3.8, 4) is 0 Å². The molecule has 1 aliphatic carbocycles. The summed E-state index contributed by atoms with van der Waals surface area (Å²) in [5.74, 6) is 0.930. The van der Waals surface area contributed by atoms with Gasteiger partial charge in [-0.2, -0.15) is 0 Å². The Bertz CT molecular complexity index is 491. The molecule has 0 aromatic carbocycles. The van der Waals surface area contributed by atoms with Crippen LogP contribution < -0.4 is 0 Å². The quantitative estimate of drug-likeness (QED) is 0.791. The molecule has 2 unspecified atom stereocenters. The molecule has 1 heterocycles. The van der Waals surface area contributed by atoms with Gasteiger partial charge in [-0.1, -0.05) is 38.8 Å². The molecule has 1 aromatic heterocycles. The summed E-state index contributed by atoms with van der Waals surface area (Å²) in [6.07, 6.45) is 5.62. The number of hydrogen-bond acceptors (Lipinski definition) is 4. The highest BCUT2D eigenvalue weighted by Gasteiger charge is 2.25. The summed E-state index contributed by atoms with van der Waals surface area (Å²) in [5.41, 5.74) is 0.184. The number of halogens is 1. The summed E-state index contributed by atoms with van der Waals surface area (Å²) >= 11 is 6.02. The van der Waals surface area contributed by atoms with Crippen LogP contribution in [-0.2, 0) is 4.74 Å². The van der Waals surface area contributed by atoms with E-state index in [1.807, 2.05) is 13.8 Å². The summed E-state index contributed by atoms with van der Waals surface area (Å²) in [6, 6.07) is 0. The average molecular weight is 297 g/mol. The summed E-state index contributed by atoms with van der Waals surface area (Å²) in [5, 5.41) is 0.253. The highest BCUT2D eigenvalue weighted by Crippen LogP contribution is 2.27. The number of ether oxygens (including phenoxy) is 1. The number of nitrogens with zero attached hydrogens (tertiary/aromatic N) is 2. The summed E-state index contributed by atoms with van der Waals surface area (Å²) < 4.78 is 5.55. The normalized spacial score (nSPS) is 22.9. The second-order valence-electron chi connectivity index (χ2n) is 5.88. The molecule has 0 spiro atoms. The monoisotopic (exact) mass is 296 g/mol. The van der Waals surface area contributed by atoms with E-state index in [0.29, 0.717) is 11.7 Å². The molecule has 1 aliphatic rings. The summed E-state index contributed by atoms with van der Waals surface area (Å²) in [4.78, 5) is 20.6. The van der Waals surface area contributed by atoms with E-state index in [0.717, 1.165) is 19.3 Å². The first-order chi connectivity index (χ1) is 9.47. The predicted molar refractivity (Wildman–Crippen MR) is 78.0 cm³/mol. The van der Waals surface area contributed by atoms with Crippen LogP contribution in [0.25, 0.3) is 0 Å². The summed E-state index contributed by atoms with van der Waals surface area (Å²) in [7, 11) is 0. The van der Waals surface area contributed by atoms with Crippen LogP contribution in [0.5, 0.6) is 0 Å². The molecule has 0 saturated heterocycles. The Labute approximate surface area is 124 Å². The van der Waals surface area contributed by atoms with Crippen molar-refractivity contribution in [2.45, 2.75) is 58.5 Å². The minimum atomic E-state index is -0.432. The molecule has 1 fully saturated rings. The van der Waals surface area contributed by atoms with Gasteiger partial charge < -0.3 is 4.74 Å². The van der Waals surface area contributed by atoms with Gasteiger partial charge in [0.2, 0.25) is 0 Å². The SMILES string of the molecule is CC1CCCC(OC(=O)c2nc(C(C)C)ncc2Cl)C1. The van der Waals surface area contributed by atoms with Gasteiger partial charge in [0.05, 0.1) is 11.2 Å². The molecule has 20 heavy (non-hydrogen) atoms. The number of hydrogen-bond donors (Lipinski definition) is 0. The van der Waals surface area contributed by atoms with E-state index in [2.05, 4.69) is 16.9 Å². The topological polar surface area (TPSA) is 52.1 Å². The number of rotatable bonds is 3. The number of esters is 1. The molecule has 0 bridgehead atoms. The molecule has 0 radical (unpaired) electrons. The maximum absolute atomic E-state index is 12.2. The number of carbonyl (C=O) groups is 1. The Morgan fingerprint density at radius 2 is 2.20 bits per heavy atom. The maximum Gasteiger partial charge on any atom is 0.358 e. The van der Waals surface area contributed by atoms with E-state index >= 15 is 0 Å². The minimum Gasteiger partial charge on any atom is -0.458 e. The zero-order valence-corrected chi connectivity index (χ0v) is 13.0. The molecule has 110 valence electrons. The molecule has 1 saturated carbocycles. The Morgan fingerprint density at radius 1 is 1.45 bits per heavy atom. The van der Waals surface area contributed by atoms with Crippen LogP contribution in [0.15, 0.2) is 6.20 Å². The van der Waals surface area contributed by atoms with E-state index in [1.54, 1.807) is 0 Å². The molecule has 0 N–H and O–H groups in total. The van der Waals surface area contributed by atoms with Gasteiger partial charge in [0.1, 0.15) is 11.9 Å². The van der Waals surface area contributed by atoms with Crippen LogP contribution in [0.3, 0.4) is 0 Å². The second kappa shape index (κ2) is 6.53. The molecule has 5 heteroatoms. The number of carbonyl (C=O) groups excluding carboxylic acids is 1. The van der Waals surface area contributed by atoms with Crippen molar-refractivity contribution in [2.24, 2.45) is 5.92 Å². The van der Waals surface area contributed by atoms with E-state index in [-0.39, 0.29) is 22.7 Å². The van der Waals surface area contributed by atoms with Crippen molar-refractivity contribution < 1.29 is 9.53 Å². The molecule has 4 nitrogen and oxygen atoms in total. The second-order valence-corrected chi connectivity index (χ2v) is 6.29. The third-order valence-electron chi connectivity index (χ3n) is 3.63. The molecule has 0 aliphatic heterocycles. The van der Waals surface area contributed by atoms with Gasteiger partial charge in [0.25, 0.3) is 0 Å². The van der Waals surface area contributed by atoms with E-state index in [9.17, 15) is 4.79 Å². The maximum atomic E-state index is 12.2. The molecule has 2 atom stereocenters. The van der Waals surface area contributed by atoms with Gasteiger partial charge in [-0.3, -0.25) is 0 Å². The van der Waals surface area contributed by atoms with Crippen molar-refractivity contribution >= 4 is 17.6 Å².